The second-order valence-electron chi connectivity index (χ2n) is 6.36. The van der Waals surface area contributed by atoms with Crippen LogP contribution in [-0.4, -0.2) is 57.1 Å². The molecule has 130 valence electrons. The van der Waals surface area contributed by atoms with Gasteiger partial charge in [-0.2, -0.15) is 16.9 Å². The topological polar surface area (TPSA) is 87.9 Å². The van der Waals surface area contributed by atoms with Crippen LogP contribution in [0.1, 0.15) is 55.6 Å². The molecular weight excluding hydrogens is 334 g/mol. The number of piperidine rings is 1. The van der Waals surface area contributed by atoms with E-state index >= 15 is 0 Å². The summed E-state index contributed by atoms with van der Waals surface area (Å²) in [5.74, 6) is 3.73. The van der Waals surface area contributed by atoms with E-state index in [1.54, 1.807) is 11.8 Å². The number of aromatic nitrogens is 3. The van der Waals surface area contributed by atoms with E-state index in [2.05, 4.69) is 15.2 Å². The van der Waals surface area contributed by atoms with Crippen molar-refractivity contribution in [2.45, 2.75) is 50.0 Å². The third-order valence-corrected chi connectivity index (χ3v) is 5.18. The van der Waals surface area contributed by atoms with Crippen molar-refractivity contribution >= 4 is 30.1 Å². The van der Waals surface area contributed by atoms with Crippen LogP contribution in [0, 0.1) is 0 Å². The molecule has 1 amide bonds. The number of hydrogen-bond donors (Lipinski definition) is 2. The summed E-state index contributed by atoms with van der Waals surface area (Å²) in [5, 5.41) is 7.45. The molecule has 2 aliphatic rings. The number of H-pyrrole nitrogens is 1. The van der Waals surface area contributed by atoms with Crippen LogP contribution < -0.4 is 5.73 Å². The third kappa shape index (κ3) is 4.61. The predicted molar refractivity (Wildman–Crippen MR) is 95.1 cm³/mol. The van der Waals surface area contributed by atoms with Gasteiger partial charge in [-0.1, -0.05) is 0 Å². The number of hydrogen-bond acceptors (Lipinski definition) is 5. The largest absolute Gasteiger partial charge is 0.341 e. The zero-order valence-electron chi connectivity index (χ0n) is 13.5. The SMILES string of the molecule is CSCCC(N)C(=O)N1CCCC(c2n[nH]c(C3CC3)n2)C1.Cl. The maximum atomic E-state index is 12.4. The van der Waals surface area contributed by atoms with E-state index in [0.29, 0.717) is 12.5 Å². The Kier molecular flexibility index (Phi) is 6.73. The predicted octanol–water partition coefficient (Wildman–Crippen LogP) is 1.89. The van der Waals surface area contributed by atoms with E-state index in [-0.39, 0.29) is 30.3 Å². The van der Waals surface area contributed by atoms with Gasteiger partial charge in [0.05, 0.1) is 6.04 Å². The van der Waals surface area contributed by atoms with Crippen LogP contribution in [0.3, 0.4) is 0 Å². The van der Waals surface area contributed by atoms with Crippen molar-refractivity contribution in [1.29, 1.82) is 0 Å². The van der Waals surface area contributed by atoms with Crippen molar-refractivity contribution < 1.29 is 4.79 Å². The Morgan fingerprint density at radius 3 is 2.91 bits per heavy atom. The maximum Gasteiger partial charge on any atom is 0.239 e. The van der Waals surface area contributed by atoms with Crippen LogP contribution in [0.5, 0.6) is 0 Å². The summed E-state index contributed by atoms with van der Waals surface area (Å²) in [6.45, 7) is 1.51. The molecule has 0 aromatic carbocycles. The van der Waals surface area contributed by atoms with Crippen LogP contribution >= 0.6 is 24.2 Å². The Morgan fingerprint density at radius 1 is 1.43 bits per heavy atom. The van der Waals surface area contributed by atoms with Crippen molar-refractivity contribution in [2.24, 2.45) is 5.73 Å². The van der Waals surface area contributed by atoms with Gasteiger partial charge in [0.2, 0.25) is 5.91 Å². The second-order valence-corrected chi connectivity index (χ2v) is 7.35. The molecule has 2 unspecified atom stereocenters. The highest BCUT2D eigenvalue weighted by atomic mass is 35.5. The molecule has 1 aromatic heterocycles. The number of thioether (sulfide) groups is 1. The molecule has 0 spiro atoms. The standard InChI is InChI=1S/C15H25N5OS.ClH/c1-22-8-6-12(16)15(21)20-7-2-3-11(9-20)14-17-13(18-19-14)10-4-5-10;/h10-12H,2-9,16H2,1H3,(H,17,18,19);1H. The van der Waals surface area contributed by atoms with Gasteiger partial charge in [-0.15, -0.1) is 12.4 Å². The summed E-state index contributed by atoms with van der Waals surface area (Å²) >= 11 is 1.73. The van der Waals surface area contributed by atoms with Crippen LogP contribution in [0.2, 0.25) is 0 Å². The average Bonchev–Trinajstić information content (AvgIpc) is 3.29. The van der Waals surface area contributed by atoms with Crippen LogP contribution in [-0.2, 0) is 4.79 Å². The molecule has 1 saturated carbocycles. The van der Waals surface area contributed by atoms with Gasteiger partial charge < -0.3 is 10.6 Å². The fourth-order valence-corrected chi connectivity index (χ4v) is 3.49. The van der Waals surface area contributed by atoms with Gasteiger partial charge in [0.15, 0.2) is 5.82 Å². The fraction of sp³-hybridized carbons (Fsp3) is 0.800. The van der Waals surface area contributed by atoms with Crippen molar-refractivity contribution in [3.63, 3.8) is 0 Å². The first-order chi connectivity index (χ1) is 10.7. The van der Waals surface area contributed by atoms with Gasteiger partial charge in [-0.3, -0.25) is 9.89 Å². The number of nitrogens with zero attached hydrogens (tertiary/aromatic N) is 3. The summed E-state index contributed by atoms with van der Waals surface area (Å²) in [5.41, 5.74) is 6.03. The lowest BCUT2D eigenvalue weighted by molar-refractivity contribution is -0.133. The summed E-state index contributed by atoms with van der Waals surface area (Å²) in [6, 6.07) is -0.375. The maximum absolute atomic E-state index is 12.4. The van der Waals surface area contributed by atoms with E-state index in [9.17, 15) is 4.79 Å². The highest BCUT2D eigenvalue weighted by Gasteiger charge is 2.32. The number of aromatic amines is 1. The zero-order valence-corrected chi connectivity index (χ0v) is 15.2. The Balaban J connectivity index is 0.00000192. The number of halogens is 1. The number of rotatable bonds is 6. The minimum Gasteiger partial charge on any atom is -0.341 e. The Bertz CT molecular complexity index is 522. The molecule has 3 N–H and O–H groups in total. The van der Waals surface area contributed by atoms with E-state index < -0.39 is 0 Å². The Labute approximate surface area is 147 Å². The molecule has 0 radical (unpaired) electrons. The molecule has 2 fully saturated rings. The lowest BCUT2D eigenvalue weighted by Gasteiger charge is -2.33. The van der Waals surface area contributed by atoms with Gasteiger partial charge in [0, 0.05) is 24.9 Å². The quantitative estimate of drug-likeness (QED) is 0.809. The summed E-state index contributed by atoms with van der Waals surface area (Å²) < 4.78 is 0. The first-order valence-corrected chi connectivity index (χ1v) is 9.54. The Morgan fingerprint density at radius 2 is 2.22 bits per heavy atom. The number of amides is 1. The highest BCUT2D eigenvalue weighted by Crippen LogP contribution is 2.38. The first kappa shape index (κ1) is 18.5. The van der Waals surface area contributed by atoms with Crippen molar-refractivity contribution in [3.8, 4) is 0 Å². The molecule has 0 bridgehead atoms. The van der Waals surface area contributed by atoms with E-state index in [1.807, 2.05) is 11.2 Å². The van der Waals surface area contributed by atoms with Crippen molar-refractivity contribution in [1.82, 2.24) is 20.1 Å². The van der Waals surface area contributed by atoms with Crippen LogP contribution in [0.25, 0.3) is 0 Å². The van der Waals surface area contributed by atoms with Crippen LogP contribution in [0.15, 0.2) is 0 Å². The average molecular weight is 360 g/mol. The number of likely N-dealkylation sites (tertiary alicyclic amines) is 1. The molecule has 2 heterocycles. The van der Waals surface area contributed by atoms with E-state index in [4.69, 9.17) is 5.73 Å². The molecule has 1 saturated heterocycles. The summed E-state index contributed by atoms with van der Waals surface area (Å²) in [4.78, 5) is 19.0. The summed E-state index contributed by atoms with van der Waals surface area (Å²) in [6.07, 6.45) is 7.26. The fourth-order valence-electron chi connectivity index (χ4n) is 3.00. The third-order valence-electron chi connectivity index (χ3n) is 4.53. The molecule has 23 heavy (non-hydrogen) atoms. The van der Waals surface area contributed by atoms with E-state index in [1.165, 1.54) is 12.8 Å². The van der Waals surface area contributed by atoms with Crippen molar-refractivity contribution in [2.75, 3.05) is 25.1 Å². The number of nitrogens with one attached hydrogen (secondary N) is 1. The van der Waals surface area contributed by atoms with E-state index in [0.717, 1.165) is 43.2 Å². The minimum atomic E-state index is -0.375. The zero-order chi connectivity index (χ0) is 15.5. The molecule has 8 heteroatoms. The van der Waals surface area contributed by atoms with Gasteiger partial charge in [0.1, 0.15) is 5.82 Å². The minimum absolute atomic E-state index is 0. The molecule has 1 aliphatic heterocycles. The number of nitrogens with two attached hydrogens (primary N) is 1. The van der Waals surface area contributed by atoms with Crippen LogP contribution in [0.4, 0.5) is 0 Å². The van der Waals surface area contributed by atoms with Gasteiger partial charge in [0.25, 0.3) is 0 Å². The number of carbonyl (C=O) groups is 1. The molecule has 6 nitrogen and oxygen atoms in total. The second kappa shape index (κ2) is 8.35. The highest BCUT2D eigenvalue weighted by molar-refractivity contribution is 7.98. The normalized spacial score (nSPS) is 22.5. The van der Waals surface area contributed by atoms with Gasteiger partial charge in [-0.25, -0.2) is 4.98 Å². The van der Waals surface area contributed by atoms with Crippen molar-refractivity contribution in [3.05, 3.63) is 11.6 Å². The van der Waals surface area contributed by atoms with Gasteiger partial charge >= 0.3 is 0 Å². The Hall–Kier alpha value is -0.790. The molecule has 1 aromatic rings. The monoisotopic (exact) mass is 359 g/mol. The number of carbonyl (C=O) groups excluding carboxylic acids is 1. The molecular formula is C15H26ClN5OS. The van der Waals surface area contributed by atoms with Gasteiger partial charge in [-0.05, 0) is 44.1 Å². The smallest absolute Gasteiger partial charge is 0.239 e. The molecule has 1 aliphatic carbocycles. The molecule has 3 rings (SSSR count). The summed E-state index contributed by atoms with van der Waals surface area (Å²) in [7, 11) is 0. The lowest BCUT2D eigenvalue weighted by Crippen LogP contribution is -2.47. The molecule has 2 atom stereocenters. The first-order valence-electron chi connectivity index (χ1n) is 8.14. The lowest BCUT2D eigenvalue weighted by atomic mass is 9.96.